The number of carbonyl (C=O) groups excluding carboxylic acids is 1. The van der Waals surface area contributed by atoms with Crippen molar-refractivity contribution in [2.24, 2.45) is 5.10 Å². The number of hydrogen-bond acceptors (Lipinski definition) is 5. The van der Waals surface area contributed by atoms with Crippen molar-refractivity contribution < 1.29 is 4.79 Å². The molecule has 1 amide bonds. The van der Waals surface area contributed by atoms with Crippen molar-refractivity contribution in [3.05, 3.63) is 76.4 Å². The molecule has 0 saturated heterocycles. The lowest BCUT2D eigenvalue weighted by atomic mass is 10.1. The van der Waals surface area contributed by atoms with Gasteiger partial charge in [-0.3, -0.25) is 4.79 Å². The molecule has 0 radical (unpaired) electrons. The quantitative estimate of drug-likeness (QED) is 0.383. The molecule has 0 atom stereocenters. The molecule has 32 heavy (non-hydrogen) atoms. The highest BCUT2D eigenvalue weighted by atomic mass is 32.1. The van der Waals surface area contributed by atoms with E-state index in [-0.39, 0.29) is 5.91 Å². The molecule has 0 saturated carbocycles. The summed E-state index contributed by atoms with van der Waals surface area (Å²) in [6.45, 7) is 6.06. The minimum absolute atomic E-state index is 0.150. The molecule has 7 heteroatoms. The topological polar surface area (TPSA) is 62.9 Å². The number of anilines is 1. The molecule has 0 aliphatic carbocycles. The zero-order chi connectivity index (χ0) is 22.2. The normalized spacial score (nSPS) is 15.2. The average Bonchev–Trinajstić information content (AvgIpc) is 3.43. The Balaban J connectivity index is 1.64. The predicted octanol–water partition coefficient (Wildman–Crippen LogP) is 5.52. The molecule has 0 unspecified atom stereocenters. The van der Waals surface area contributed by atoms with Gasteiger partial charge in [0, 0.05) is 12.0 Å². The van der Waals surface area contributed by atoms with Crippen LogP contribution in [-0.4, -0.2) is 26.2 Å². The van der Waals surface area contributed by atoms with E-state index in [1.54, 1.807) is 11.3 Å². The first kappa shape index (κ1) is 20.3. The average molecular weight is 442 g/mol. The van der Waals surface area contributed by atoms with E-state index >= 15 is 0 Å². The van der Waals surface area contributed by atoms with Crippen LogP contribution >= 0.6 is 11.3 Å². The van der Waals surface area contributed by atoms with Crippen LogP contribution in [0, 0.1) is 6.92 Å². The largest absolute Gasteiger partial charge is 0.280 e. The number of carbonyl (C=O) groups is 1. The monoisotopic (exact) mass is 441 g/mol. The van der Waals surface area contributed by atoms with Gasteiger partial charge in [0.05, 0.1) is 28.4 Å². The summed E-state index contributed by atoms with van der Waals surface area (Å²) in [5.41, 5.74) is 5.77. The molecule has 4 aromatic rings. The van der Waals surface area contributed by atoms with E-state index in [9.17, 15) is 4.79 Å². The van der Waals surface area contributed by atoms with Gasteiger partial charge in [-0.15, -0.1) is 0 Å². The van der Waals surface area contributed by atoms with Gasteiger partial charge in [0.1, 0.15) is 5.01 Å². The van der Waals surface area contributed by atoms with Crippen molar-refractivity contribution in [3.8, 4) is 11.3 Å². The third-order valence-electron chi connectivity index (χ3n) is 5.41. The predicted molar refractivity (Wildman–Crippen MR) is 130 cm³/mol. The number of nitrogens with zero attached hydrogens (tertiary/aromatic N) is 5. The molecule has 160 valence electrons. The van der Waals surface area contributed by atoms with Crippen molar-refractivity contribution in [2.75, 3.05) is 5.01 Å². The van der Waals surface area contributed by atoms with E-state index in [1.165, 1.54) is 10.6 Å². The number of fused-ring (bicyclic) bond motifs is 1. The second-order valence-corrected chi connectivity index (χ2v) is 8.89. The van der Waals surface area contributed by atoms with E-state index in [4.69, 9.17) is 10.1 Å². The molecule has 3 heterocycles. The Morgan fingerprint density at radius 3 is 2.50 bits per heavy atom. The van der Waals surface area contributed by atoms with Crippen LogP contribution in [0.4, 0.5) is 5.69 Å². The lowest BCUT2D eigenvalue weighted by Gasteiger charge is -2.11. The molecule has 2 aromatic carbocycles. The zero-order valence-electron chi connectivity index (χ0n) is 18.2. The molecule has 0 fully saturated rings. The smallest absolute Gasteiger partial charge is 0.267 e. The summed E-state index contributed by atoms with van der Waals surface area (Å²) >= 11 is 1.60. The third kappa shape index (κ3) is 3.54. The summed E-state index contributed by atoms with van der Waals surface area (Å²) in [6.07, 6.45) is 3.81. The second kappa shape index (κ2) is 8.16. The van der Waals surface area contributed by atoms with Gasteiger partial charge in [-0.25, -0.2) is 9.50 Å². The fraction of sp³-hybridized carbons (Fsp3) is 0.200. The summed E-state index contributed by atoms with van der Waals surface area (Å²) in [7, 11) is 0. The fourth-order valence-electron chi connectivity index (χ4n) is 3.74. The van der Waals surface area contributed by atoms with Crippen LogP contribution in [0.3, 0.4) is 0 Å². The van der Waals surface area contributed by atoms with E-state index < -0.39 is 0 Å². The molecule has 2 aromatic heterocycles. The van der Waals surface area contributed by atoms with Crippen LogP contribution < -0.4 is 5.01 Å². The lowest BCUT2D eigenvalue weighted by molar-refractivity contribution is -0.114. The highest BCUT2D eigenvalue weighted by Gasteiger charge is 2.30. The number of para-hydroxylation sites is 1. The van der Waals surface area contributed by atoms with E-state index in [0.29, 0.717) is 11.3 Å². The number of benzene rings is 2. The van der Waals surface area contributed by atoms with Crippen molar-refractivity contribution in [1.29, 1.82) is 0 Å². The Hall–Kier alpha value is -3.58. The summed E-state index contributed by atoms with van der Waals surface area (Å²) in [4.78, 5) is 19.0. The second-order valence-electron chi connectivity index (χ2n) is 7.85. The number of hydrogen-bond donors (Lipinski definition) is 0. The van der Waals surface area contributed by atoms with Gasteiger partial charge in [0.15, 0.2) is 0 Å². The zero-order valence-corrected chi connectivity index (χ0v) is 19.1. The fourth-order valence-corrected chi connectivity index (χ4v) is 4.74. The van der Waals surface area contributed by atoms with Crippen molar-refractivity contribution in [1.82, 2.24) is 14.6 Å². The lowest BCUT2D eigenvalue weighted by Crippen LogP contribution is -2.21. The van der Waals surface area contributed by atoms with Gasteiger partial charge in [-0.05, 0) is 38.5 Å². The maximum Gasteiger partial charge on any atom is 0.280 e. The molecule has 6 nitrogen and oxygen atoms in total. The summed E-state index contributed by atoms with van der Waals surface area (Å²) < 4.78 is 1.86. The molecule has 0 spiro atoms. The first-order valence-corrected chi connectivity index (χ1v) is 11.5. The van der Waals surface area contributed by atoms with Crippen molar-refractivity contribution in [2.45, 2.75) is 33.6 Å². The summed E-state index contributed by atoms with van der Waals surface area (Å²) in [5, 5.41) is 11.8. The van der Waals surface area contributed by atoms with Crippen LogP contribution in [0.25, 0.3) is 22.3 Å². The number of hydrazone groups is 1. The van der Waals surface area contributed by atoms with Gasteiger partial charge >= 0.3 is 0 Å². The minimum Gasteiger partial charge on any atom is -0.267 e. The first-order valence-electron chi connectivity index (χ1n) is 10.7. The van der Waals surface area contributed by atoms with E-state index in [0.717, 1.165) is 45.4 Å². The Kier molecular flexibility index (Phi) is 5.19. The van der Waals surface area contributed by atoms with E-state index in [1.807, 2.05) is 47.8 Å². The van der Waals surface area contributed by atoms with Crippen LogP contribution in [0.15, 0.2) is 65.3 Å². The SMILES string of the molecule is CCCc1nn2c(/C=C3/C(=O)N(c4ccccc4)N=C3C)c(-c3ccc(C)cc3)nc2s1. The highest BCUT2D eigenvalue weighted by molar-refractivity contribution is 7.16. The maximum absolute atomic E-state index is 13.3. The molecule has 1 aliphatic heterocycles. The van der Waals surface area contributed by atoms with Gasteiger partial charge in [-0.1, -0.05) is 66.3 Å². The van der Waals surface area contributed by atoms with Crippen molar-refractivity contribution in [3.63, 3.8) is 0 Å². The van der Waals surface area contributed by atoms with Crippen LogP contribution in [0.1, 0.15) is 36.5 Å². The Bertz CT molecular complexity index is 1360. The van der Waals surface area contributed by atoms with Crippen molar-refractivity contribution >= 4 is 39.7 Å². The third-order valence-corrected chi connectivity index (χ3v) is 6.38. The molecule has 0 bridgehead atoms. The number of imidazole rings is 1. The minimum atomic E-state index is -0.150. The Morgan fingerprint density at radius 1 is 1.03 bits per heavy atom. The number of rotatable bonds is 5. The standard InChI is InChI=1S/C25H23N5OS/c1-4-8-22-28-30-21(23(26-25(30)32-22)18-13-11-16(2)12-14-18)15-20-17(3)27-29(24(20)31)19-9-6-5-7-10-19/h5-7,9-15H,4,8H2,1-3H3/b20-15+. The Labute approximate surface area is 190 Å². The first-order chi connectivity index (χ1) is 15.5. The number of aromatic nitrogens is 3. The van der Waals surface area contributed by atoms with Gasteiger partial charge in [0.2, 0.25) is 4.96 Å². The van der Waals surface area contributed by atoms with Gasteiger partial charge < -0.3 is 0 Å². The number of amides is 1. The van der Waals surface area contributed by atoms with E-state index in [2.05, 4.69) is 43.2 Å². The Morgan fingerprint density at radius 2 is 1.78 bits per heavy atom. The maximum atomic E-state index is 13.3. The summed E-state index contributed by atoms with van der Waals surface area (Å²) in [5.74, 6) is -0.150. The number of aryl methyl sites for hydroxylation is 2. The molecule has 0 N–H and O–H groups in total. The molecular weight excluding hydrogens is 418 g/mol. The summed E-state index contributed by atoms with van der Waals surface area (Å²) in [6, 6.07) is 17.7. The van der Waals surface area contributed by atoms with Crippen LogP contribution in [0.5, 0.6) is 0 Å². The molecule has 5 rings (SSSR count). The molecular formula is C25H23N5OS. The highest BCUT2D eigenvalue weighted by Crippen LogP contribution is 2.31. The van der Waals surface area contributed by atoms with Crippen LogP contribution in [0.2, 0.25) is 0 Å². The molecule has 1 aliphatic rings. The van der Waals surface area contributed by atoms with Crippen LogP contribution in [-0.2, 0) is 11.2 Å². The van der Waals surface area contributed by atoms with Gasteiger partial charge in [0.25, 0.3) is 5.91 Å². The van der Waals surface area contributed by atoms with Gasteiger partial charge in [-0.2, -0.15) is 15.2 Å².